The van der Waals surface area contributed by atoms with Crippen molar-refractivity contribution in [3.05, 3.63) is 40.4 Å². The van der Waals surface area contributed by atoms with Gasteiger partial charge in [0.05, 0.1) is 5.02 Å². The monoisotopic (exact) mass is 273 g/mol. The SMILES string of the molecule is CC=CC(CCNC)Oc1cccc(Cl)c1Cl. The second-order valence-electron chi connectivity index (χ2n) is 3.63. The van der Waals surface area contributed by atoms with E-state index < -0.39 is 0 Å². The summed E-state index contributed by atoms with van der Waals surface area (Å²) >= 11 is 12.0. The molecule has 1 aromatic rings. The first kappa shape index (κ1) is 14.4. The van der Waals surface area contributed by atoms with Crippen molar-refractivity contribution >= 4 is 23.2 Å². The molecule has 4 heteroatoms. The third kappa shape index (κ3) is 4.58. The van der Waals surface area contributed by atoms with Gasteiger partial charge >= 0.3 is 0 Å². The molecule has 0 heterocycles. The summed E-state index contributed by atoms with van der Waals surface area (Å²) in [5, 5.41) is 4.07. The van der Waals surface area contributed by atoms with Gasteiger partial charge < -0.3 is 10.1 Å². The zero-order chi connectivity index (χ0) is 12.7. The molecule has 0 aliphatic carbocycles. The number of allylic oxidation sites excluding steroid dienone is 1. The molecule has 1 aromatic carbocycles. The van der Waals surface area contributed by atoms with Crippen LogP contribution in [-0.2, 0) is 0 Å². The van der Waals surface area contributed by atoms with Crippen LogP contribution in [0.4, 0.5) is 0 Å². The molecule has 0 radical (unpaired) electrons. The highest BCUT2D eigenvalue weighted by Gasteiger charge is 2.10. The van der Waals surface area contributed by atoms with Gasteiger partial charge in [0.1, 0.15) is 16.9 Å². The van der Waals surface area contributed by atoms with E-state index in [0.717, 1.165) is 13.0 Å². The second-order valence-corrected chi connectivity index (χ2v) is 4.41. The number of hydrogen-bond acceptors (Lipinski definition) is 2. The fourth-order valence-electron chi connectivity index (χ4n) is 1.43. The van der Waals surface area contributed by atoms with Gasteiger partial charge in [0.15, 0.2) is 0 Å². The zero-order valence-electron chi connectivity index (χ0n) is 10.0. The average Bonchev–Trinajstić information content (AvgIpc) is 2.32. The van der Waals surface area contributed by atoms with Crippen molar-refractivity contribution in [3.8, 4) is 5.75 Å². The molecule has 0 spiro atoms. The van der Waals surface area contributed by atoms with Gasteiger partial charge in [0.2, 0.25) is 0 Å². The van der Waals surface area contributed by atoms with Gasteiger partial charge in [-0.1, -0.05) is 35.3 Å². The summed E-state index contributed by atoms with van der Waals surface area (Å²) in [5.74, 6) is 0.623. The Hall–Kier alpha value is -0.700. The molecule has 0 aliphatic heterocycles. The number of nitrogens with one attached hydrogen (secondary N) is 1. The normalized spacial score (nSPS) is 12.9. The Morgan fingerprint density at radius 1 is 1.41 bits per heavy atom. The summed E-state index contributed by atoms with van der Waals surface area (Å²) in [4.78, 5) is 0. The van der Waals surface area contributed by atoms with E-state index in [4.69, 9.17) is 27.9 Å². The van der Waals surface area contributed by atoms with Crippen molar-refractivity contribution in [2.24, 2.45) is 0 Å². The Balaban J connectivity index is 2.74. The molecule has 17 heavy (non-hydrogen) atoms. The topological polar surface area (TPSA) is 21.3 Å². The molecule has 0 aliphatic rings. The van der Waals surface area contributed by atoms with E-state index in [0.29, 0.717) is 15.8 Å². The largest absolute Gasteiger partial charge is 0.485 e. The van der Waals surface area contributed by atoms with Gasteiger partial charge in [0, 0.05) is 6.42 Å². The van der Waals surface area contributed by atoms with Crippen molar-refractivity contribution in [2.45, 2.75) is 19.4 Å². The lowest BCUT2D eigenvalue weighted by Crippen LogP contribution is -2.20. The molecule has 1 unspecified atom stereocenters. The highest BCUT2D eigenvalue weighted by atomic mass is 35.5. The molecule has 0 saturated carbocycles. The Labute approximate surface area is 113 Å². The van der Waals surface area contributed by atoms with Crippen molar-refractivity contribution in [2.75, 3.05) is 13.6 Å². The van der Waals surface area contributed by atoms with Gasteiger partial charge in [0.25, 0.3) is 0 Å². The molecule has 1 rings (SSSR count). The quantitative estimate of drug-likeness (QED) is 0.794. The van der Waals surface area contributed by atoms with Crippen LogP contribution in [0.3, 0.4) is 0 Å². The van der Waals surface area contributed by atoms with Crippen molar-refractivity contribution < 1.29 is 4.74 Å². The molecule has 94 valence electrons. The predicted octanol–water partition coefficient (Wildman–Crippen LogP) is 3.93. The van der Waals surface area contributed by atoms with Crippen LogP contribution in [-0.4, -0.2) is 19.7 Å². The number of hydrogen-bond donors (Lipinski definition) is 1. The molecular formula is C13H17Cl2NO. The Morgan fingerprint density at radius 2 is 2.18 bits per heavy atom. The van der Waals surface area contributed by atoms with Gasteiger partial charge in [-0.05, 0) is 38.7 Å². The maximum atomic E-state index is 6.07. The molecule has 0 fully saturated rings. The van der Waals surface area contributed by atoms with Crippen molar-refractivity contribution in [1.29, 1.82) is 0 Å². The molecule has 1 N–H and O–H groups in total. The van der Waals surface area contributed by atoms with E-state index >= 15 is 0 Å². The maximum absolute atomic E-state index is 6.07. The molecular weight excluding hydrogens is 257 g/mol. The van der Waals surface area contributed by atoms with Crippen LogP contribution in [0.25, 0.3) is 0 Å². The minimum Gasteiger partial charge on any atom is -0.485 e. The van der Waals surface area contributed by atoms with E-state index in [1.165, 1.54) is 0 Å². The number of rotatable bonds is 6. The average molecular weight is 274 g/mol. The Bertz CT molecular complexity index is 380. The summed E-state index contributed by atoms with van der Waals surface area (Å²) in [6, 6.07) is 5.40. The molecule has 0 bridgehead atoms. The molecule has 1 atom stereocenters. The van der Waals surface area contributed by atoms with E-state index in [1.54, 1.807) is 6.07 Å². The summed E-state index contributed by atoms with van der Waals surface area (Å²) in [5.41, 5.74) is 0. The smallest absolute Gasteiger partial charge is 0.140 e. The van der Waals surface area contributed by atoms with E-state index in [2.05, 4.69) is 5.32 Å². The fraction of sp³-hybridized carbons (Fsp3) is 0.385. The molecule has 0 amide bonds. The van der Waals surface area contributed by atoms with Crippen molar-refractivity contribution in [3.63, 3.8) is 0 Å². The summed E-state index contributed by atoms with van der Waals surface area (Å²) < 4.78 is 5.83. The fourth-order valence-corrected chi connectivity index (χ4v) is 1.77. The Morgan fingerprint density at radius 3 is 2.82 bits per heavy atom. The lowest BCUT2D eigenvalue weighted by Gasteiger charge is -2.17. The van der Waals surface area contributed by atoms with Crippen LogP contribution in [0, 0.1) is 0 Å². The standard InChI is InChI=1S/C13H17Cl2NO/c1-3-5-10(8-9-16-2)17-12-7-4-6-11(14)13(12)15/h3-7,10,16H,8-9H2,1-2H3. The highest BCUT2D eigenvalue weighted by Crippen LogP contribution is 2.32. The maximum Gasteiger partial charge on any atom is 0.140 e. The third-order valence-electron chi connectivity index (χ3n) is 2.28. The molecule has 0 saturated heterocycles. The molecule has 2 nitrogen and oxygen atoms in total. The lowest BCUT2D eigenvalue weighted by molar-refractivity contribution is 0.238. The van der Waals surface area contributed by atoms with Gasteiger partial charge in [-0.2, -0.15) is 0 Å². The summed E-state index contributed by atoms with van der Waals surface area (Å²) in [7, 11) is 1.92. The zero-order valence-corrected chi connectivity index (χ0v) is 11.6. The summed E-state index contributed by atoms with van der Waals surface area (Å²) in [6.45, 7) is 2.85. The van der Waals surface area contributed by atoms with Crippen LogP contribution in [0.1, 0.15) is 13.3 Å². The number of halogens is 2. The second kappa shape index (κ2) is 7.59. The first-order valence-electron chi connectivity index (χ1n) is 5.57. The molecule has 0 aromatic heterocycles. The van der Waals surface area contributed by atoms with Crippen LogP contribution in [0.5, 0.6) is 5.75 Å². The number of ether oxygens (including phenoxy) is 1. The lowest BCUT2D eigenvalue weighted by atomic mass is 10.2. The minimum absolute atomic E-state index is 0.00316. The predicted molar refractivity (Wildman–Crippen MR) is 74.2 cm³/mol. The highest BCUT2D eigenvalue weighted by molar-refractivity contribution is 6.42. The van der Waals surface area contributed by atoms with E-state index in [-0.39, 0.29) is 6.10 Å². The van der Waals surface area contributed by atoms with Gasteiger partial charge in [-0.25, -0.2) is 0 Å². The van der Waals surface area contributed by atoms with Gasteiger partial charge in [-0.3, -0.25) is 0 Å². The van der Waals surface area contributed by atoms with Crippen LogP contribution < -0.4 is 10.1 Å². The third-order valence-corrected chi connectivity index (χ3v) is 3.08. The van der Waals surface area contributed by atoms with Gasteiger partial charge in [-0.15, -0.1) is 0 Å². The Kier molecular flexibility index (Phi) is 6.41. The van der Waals surface area contributed by atoms with E-state index in [9.17, 15) is 0 Å². The first-order valence-corrected chi connectivity index (χ1v) is 6.32. The minimum atomic E-state index is 0.00316. The van der Waals surface area contributed by atoms with E-state index in [1.807, 2.05) is 38.3 Å². The van der Waals surface area contributed by atoms with Crippen LogP contribution >= 0.6 is 23.2 Å². The summed E-state index contributed by atoms with van der Waals surface area (Å²) in [6.07, 6.45) is 4.86. The van der Waals surface area contributed by atoms with Crippen molar-refractivity contribution in [1.82, 2.24) is 5.32 Å². The van der Waals surface area contributed by atoms with Crippen LogP contribution in [0.2, 0.25) is 10.0 Å². The number of benzene rings is 1. The first-order chi connectivity index (χ1) is 8.19. The van der Waals surface area contributed by atoms with Crippen LogP contribution in [0.15, 0.2) is 30.4 Å².